The van der Waals surface area contributed by atoms with E-state index in [1.807, 2.05) is 32.0 Å². The van der Waals surface area contributed by atoms with Crippen molar-refractivity contribution in [3.05, 3.63) is 75.3 Å². The molecule has 0 fully saturated rings. The van der Waals surface area contributed by atoms with Gasteiger partial charge in [-0.2, -0.15) is 5.10 Å². The van der Waals surface area contributed by atoms with E-state index in [9.17, 15) is 14.4 Å². The predicted molar refractivity (Wildman–Crippen MR) is 163 cm³/mol. The Bertz CT molecular complexity index is 1450. The van der Waals surface area contributed by atoms with Gasteiger partial charge in [-0.1, -0.05) is 22.0 Å². The normalized spacial score (nSPS) is 10.6. The second-order valence-corrected chi connectivity index (χ2v) is 9.97. The average molecular weight is 642 g/mol. The Kier molecular flexibility index (Phi) is 11.7. The zero-order chi connectivity index (χ0) is 30.6. The minimum absolute atomic E-state index is 0.226. The number of aryl methyl sites for hydroxylation is 2. The molecule has 0 atom stereocenters. The number of carbonyl (C=O) groups excluding carboxylic acids is 3. The molecule has 3 amide bonds. The third-order valence-corrected chi connectivity index (χ3v) is 6.50. The van der Waals surface area contributed by atoms with Crippen molar-refractivity contribution >= 4 is 45.6 Å². The molecular formula is C30H33BrN4O7. The molecule has 0 aliphatic rings. The van der Waals surface area contributed by atoms with Gasteiger partial charge in [0, 0.05) is 16.7 Å². The molecule has 3 aromatic rings. The van der Waals surface area contributed by atoms with Gasteiger partial charge in [-0.25, -0.2) is 5.43 Å². The zero-order valence-corrected chi connectivity index (χ0v) is 25.6. The number of amides is 3. The first-order chi connectivity index (χ1) is 20.1. The quantitative estimate of drug-likeness (QED) is 0.155. The SMILES string of the molecule is COc1ccc(CCNC(=O)C(=O)N/N=C\c2ccc(OCC(=O)Nc3c(C)cc(Br)cc3C)c(OC)c2)cc1OC. The number of methoxy groups -OCH3 is 3. The van der Waals surface area contributed by atoms with Crippen molar-refractivity contribution in [2.45, 2.75) is 20.3 Å². The molecule has 12 heteroatoms. The van der Waals surface area contributed by atoms with E-state index in [-0.39, 0.29) is 19.1 Å². The highest BCUT2D eigenvalue weighted by Crippen LogP contribution is 2.29. The van der Waals surface area contributed by atoms with Gasteiger partial charge in [-0.15, -0.1) is 0 Å². The molecule has 0 unspecified atom stereocenters. The van der Waals surface area contributed by atoms with Crippen LogP contribution in [0.25, 0.3) is 0 Å². The summed E-state index contributed by atoms with van der Waals surface area (Å²) in [6.45, 7) is 3.84. The Morgan fingerprint density at radius 3 is 2.14 bits per heavy atom. The van der Waals surface area contributed by atoms with Crippen molar-refractivity contribution in [1.29, 1.82) is 0 Å². The minimum Gasteiger partial charge on any atom is -0.493 e. The number of ether oxygens (including phenoxy) is 4. The van der Waals surface area contributed by atoms with Crippen LogP contribution in [0.1, 0.15) is 22.3 Å². The van der Waals surface area contributed by atoms with E-state index in [2.05, 4.69) is 37.1 Å². The highest BCUT2D eigenvalue weighted by molar-refractivity contribution is 9.10. The van der Waals surface area contributed by atoms with Crippen LogP contribution in [0.2, 0.25) is 0 Å². The molecular weight excluding hydrogens is 608 g/mol. The smallest absolute Gasteiger partial charge is 0.329 e. The van der Waals surface area contributed by atoms with Crippen molar-refractivity contribution < 1.29 is 33.3 Å². The highest BCUT2D eigenvalue weighted by Gasteiger charge is 2.14. The number of hydrogen-bond donors (Lipinski definition) is 3. The number of rotatable bonds is 12. The Morgan fingerprint density at radius 2 is 1.48 bits per heavy atom. The number of nitrogens with zero attached hydrogens (tertiary/aromatic N) is 1. The molecule has 0 aliphatic heterocycles. The fourth-order valence-electron chi connectivity index (χ4n) is 3.96. The van der Waals surface area contributed by atoms with Crippen LogP contribution in [-0.4, -0.2) is 58.4 Å². The molecule has 0 saturated carbocycles. The maximum atomic E-state index is 12.5. The van der Waals surface area contributed by atoms with Crippen LogP contribution < -0.4 is 35.0 Å². The summed E-state index contributed by atoms with van der Waals surface area (Å²) in [5, 5.41) is 9.26. The summed E-state index contributed by atoms with van der Waals surface area (Å²) in [6.07, 6.45) is 1.84. The van der Waals surface area contributed by atoms with Crippen LogP contribution in [0.15, 0.2) is 58.1 Å². The maximum absolute atomic E-state index is 12.5. The number of carbonyl (C=O) groups is 3. The molecule has 42 heavy (non-hydrogen) atoms. The van der Waals surface area contributed by atoms with E-state index in [1.165, 1.54) is 13.3 Å². The van der Waals surface area contributed by atoms with E-state index in [4.69, 9.17) is 18.9 Å². The Morgan fingerprint density at radius 1 is 0.833 bits per heavy atom. The molecule has 222 valence electrons. The van der Waals surface area contributed by atoms with Gasteiger partial charge in [0.25, 0.3) is 5.91 Å². The van der Waals surface area contributed by atoms with Crippen molar-refractivity contribution in [2.24, 2.45) is 5.10 Å². The van der Waals surface area contributed by atoms with Gasteiger partial charge >= 0.3 is 11.8 Å². The lowest BCUT2D eigenvalue weighted by Gasteiger charge is -2.14. The van der Waals surface area contributed by atoms with E-state index in [0.717, 1.165) is 26.9 Å². The average Bonchev–Trinajstić information content (AvgIpc) is 2.97. The summed E-state index contributed by atoms with van der Waals surface area (Å²) >= 11 is 3.44. The molecule has 0 bridgehead atoms. The van der Waals surface area contributed by atoms with Crippen molar-refractivity contribution in [3.8, 4) is 23.0 Å². The second-order valence-electron chi connectivity index (χ2n) is 9.06. The molecule has 3 rings (SSSR count). The third kappa shape index (κ3) is 8.96. The Labute approximate surface area is 252 Å². The molecule has 0 radical (unpaired) electrons. The van der Waals surface area contributed by atoms with Crippen LogP contribution in [0, 0.1) is 13.8 Å². The molecule has 3 aromatic carbocycles. The number of anilines is 1. The molecule has 0 aliphatic carbocycles. The summed E-state index contributed by atoms with van der Waals surface area (Å²) in [7, 11) is 4.56. The lowest BCUT2D eigenvalue weighted by molar-refractivity contribution is -0.139. The lowest BCUT2D eigenvalue weighted by Crippen LogP contribution is -2.38. The Hall–Kier alpha value is -4.58. The lowest BCUT2D eigenvalue weighted by atomic mass is 10.1. The standard InChI is InChI=1S/C30H33BrN4O7/c1-18-12-22(31)13-19(2)28(18)34-27(36)17-42-24-9-7-21(15-26(24)41-5)16-33-35-30(38)29(37)32-11-10-20-6-8-23(39-3)25(14-20)40-4/h6-9,12-16H,10-11,17H2,1-5H3,(H,32,37)(H,34,36)(H,35,38)/b33-16-. The van der Waals surface area contributed by atoms with Crippen LogP contribution >= 0.6 is 15.9 Å². The van der Waals surface area contributed by atoms with Crippen molar-refractivity contribution in [3.63, 3.8) is 0 Å². The minimum atomic E-state index is -0.910. The fraction of sp³-hybridized carbons (Fsp3) is 0.267. The third-order valence-electron chi connectivity index (χ3n) is 6.04. The van der Waals surface area contributed by atoms with Gasteiger partial charge in [0.2, 0.25) is 0 Å². The van der Waals surface area contributed by atoms with Crippen LogP contribution in [0.3, 0.4) is 0 Å². The van der Waals surface area contributed by atoms with E-state index >= 15 is 0 Å². The first kappa shape index (κ1) is 31.9. The monoisotopic (exact) mass is 640 g/mol. The first-order valence-electron chi connectivity index (χ1n) is 12.8. The number of hydrogen-bond acceptors (Lipinski definition) is 8. The summed E-state index contributed by atoms with van der Waals surface area (Å²) in [5.74, 6) is -0.146. The summed E-state index contributed by atoms with van der Waals surface area (Å²) in [5.41, 5.74) is 6.26. The first-order valence-corrected chi connectivity index (χ1v) is 13.6. The number of benzene rings is 3. The van der Waals surface area contributed by atoms with Crippen molar-refractivity contribution in [1.82, 2.24) is 10.7 Å². The molecule has 0 saturated heterocycles. The van der Waals surface area contributed by atoms with Gasteiger partial charge in [0.1, 0.15) is 0 Å². The van der Waals surface area contributed by atoms with Crippen LogP contribution in [-0.2, 0) is 20.8 Å². The fourth-order valence-corrected chi connectivity index (χ4v) is 4.65. The van der Waals surface area contributed by atoms with Gasteiger partial charge in [-0.05, 0) is 85.0 Å². The summed E-state index contributed by atoms with van der Waals surface area (Å²) in [4.78, 5) is 36.7. The van der Waals surface area contributed by atoms with Crippen LogP contribution in [0.5, 0.6) is 23.0 Å². The zero-order valence-electron chi connectivity index (χ0n) is 24.0. The number of hydrazone groups is 1. The molecule has 11 nitrogen and oxygen atoms in total. The summed E-state index contributed by atoms with van der Waals surface area (Å²) < 4.78 is 22.5. The summed E-state index contributed by atoms with van der Waals surface area (Å²) in [6, 6.07) is 14.2. The highest BCUT2D eigenvalue weighted by atomic mass is 79.9. The molecule has 3 N–H and O–H groups in total. The van der Waals surface area contributed by atoms with Gasteiger partial charge in [0.05, 0.1) is 27.5 Å². The Balaban J connectivity index is 1.48. The molecule has 0 spiro atoms. The van der Waals surface area contributed by atoms with E-state index in [1.54, 1.807) is 44.6 Å². The topological polar surface area (TPSA) is 137 Å². The second kappa shape index (κ2) is 15.4. The number of nitrogens with one attached hydrogen (secondary N) is 3. The van der Waals surface area contributed by atoms with Crippen molar-refractivity contribution in [2.75, 3.05) is 39.8 Å². The predicted octanol–water partition coefficient (Wildman–Crippen LogP) is 3.92. The van der Waals surface area contributed by atoms with Crippen LogP contribution in [0.4, 0.5) is 5.69 Å². The van der Waals surface area contributed by atoms with E-state index < -0.39 is 11.8 Å². The maximum Gasteiger partial charge on any atom is 0.329 e. The van der Waals surface area contributed by atoms with Gasteiger partial charge in [-0.3, -0.25) is 14.4 Å². The molecule has 0 aromatic heterocycles. The molecule has 0 heterocycles. The van der Waals surface area contributed by atoms with Gasteiger partial charge < -0.3 is 29.6 Å². The number of halogens is 1. The largest absolute Gasteiger partial charge is 0.493 e. The van der Waals surface area contributed by atoms with E-state index in [0.29, 0.717) is 35.0 Å². The van der Waals surface area contributed by atoms with Gasteiger partial charge in [0.15, 0.2) is 29.6 Å².